The minimum absolute atomic E-state index is 0.109. The predicted molar refractivity (Wildman–Crippen MR) is 193 cm³/mol. The standard InChI is InChI=1S/C29H22N8O15S4/c1-14-10-15(31-34-20-4-2-3-5-23(20)54(44,45)46)6-8-18(14)32-35-21-13-24(55(47,48)49)17-12-25(56(50,51)52)28(29(38)26(17)27(21)30)36-33-19-9-7-16(53(41,42)43)11-22(19)37(39)40/h2-13,38H,30H2,1H3,(H,41,42,43)(H,44,45,46)(H,47,48,49)(H,50,51,52). The lowest BCUT2D eigenvalue weighted by molar-refractivity contribution is -0.384. The number of phenolic OH excluding ortho intramolecular Hbond substituents is 1. The highest BCUT2D eigenvalue weighted by Gasteiger charge is 2.29. The molecule has 56 heavy (non-hydrogen) atoms. The van der Waals surface area contributed by atoms with Crippen LogP contribution in [0.3, 0.4) is 0 Å². The van der Waals surface area contributed by atoms with Crippen LogP contribution in [0.5, 0.6) is 5.75 Å². The van der Waals surface area contributed by atoms with Crippen LogP contribution in [0.2, 0.25) is 0 Å². The predicted octanol–water partition coefficient (Wildman–Crippen LogP) is 6.58. The van der Waals surface area contributed by atoms with Crippen LogP contribution in [-0.2, 0) is 40.5 Å². The number of nitrogen functional groups attached to an aromatic ring is 1. The molecule has 0 atom stereocenters. The Morgan fingerprint density at radius 1 is 0.607 bits per heavy atom. The minimum atomic E-state index is -5.44. The van der Waals surface area contributed by atoms with Gasteiger partial charge in [0.05, 0.1) is 27.4 Å². The van der Waals surface area contributed by atoms with Gasteiger partial charge < -0.3 is 10.8 Å². The third-order valence-corrected chi connectivity index (χ3v) is 10.9. The molecule has 0 saturated heterocycles. The molecular formula is C29H22N8O15S4. The minimum Gasteiger partial charge on any atom is -0.505 e. The second-order valence-corrected chi connectivity index (χ2v) is 16.7. The second kappa shape index (κ2) is 14.8. The zero-order valence-electron chi connectivity index (χ0n) is 27.6. The summed E-state index contributed by atoms with van der Waals surface area (Å²) in [5, 5.41) is 44.1. The highest BCUT2D eigenvalue weighted by atomic mass is 32.2. The normalized spacial score (nSPS) is 13.0. The van der Waals surface area contributed by atoms with Crippen LogP contribution in [0.25, 0.3) is 10.8 Å². The van der Waals surface area contributed by atoms with Crippen molar-refractivity contribution < 1.29 is 61.9 Å². The summed E-state index contributed by atoms with van der Waals surface area (Å²) in [4.78, 5) is 6.66. The molecule has 7 N–H and O–H groups in total. The van der Waals surface area contributed by atoms with Crippen LogP contribution >= 0.6 is 0 Å². The largest absolute Gasteiger partial charge is 0.505 e. The lowest BCUT2D eigenvalue weighted by Gasteiger charge is -2.14. The Labute approximate surface area is 314 Å². The van der Waals surface area contributed by atoms with E-state index in [4.69, 9.17) is 5.73 Å². The quantitative estimate of drug-likeness (QED) is 0.0269. The van der Waals surface area contributed by atoms with Crippen LogP contribution in [0.4, 0.5) is 45.5 Å². The first-order valence-corrected chi connectivity index (χ1v) is 20.4. The van der Waals surface area contributed by atoms with E-state index >= 15 is 0 Å². The Morgan fingerprint density at radius 2 is 1.18 bits per heavy atom. The lowest BCUT2D eigenvalue weighted by atomic mass is 10.0. The number of nitrogens with two attached hydrogens (primary N) is 1. The van der Waals surface area contributed by atoms with Gasteiger partial charge in [0.15, 0.2) is 11.4 Å². The van der Waals surface area contributed by atoms with Crippen molar-refractivity contribution in [1.29, 1.82) is 0 Å². The summed E-state index contributed by atoms with van der Waals surface area (Å²) in [6.45, 7) is 1.54. The number of benzene rings is 5. The number of rotatable bonds is 11. The number of nitro groups is 1. The fourth-order valence-corrected chi connectivity index (χ4v) is 7.36. The first kappa shape index (κ1) is 41.0. The molecule has 5 aromatic rings. The molecule has 0 aromatic heterocycles. The van der Waals surface area contributed by atoms with Crippen LogP contribution in [0, 0.1) is 17.0 Å². The van der Waals surface area contributed by atoms with E-state index in [1.807, 2.05) is 0 Å². The zero-order chi connectivity index (χ0) is 41.5. The Kier molecular flexibility index (Phi) is 10.8. The zero-order valence-corrected chi connectivity index (χ0v) is 30.9. The van der Waals surface area contributed by atoms with E-state index in [0.717, 1.165) is 6.07 Å². The molecule has 0 heterocycles. The van der Waals surface area contributed by atoms with Gasteiger partial charge in [0.25, 0.3) is 46.2 Å². The number of fused-ring (bicyclic) bond motifs is 1. The first-order chi connectivity index (χ1) is 25.9. The summed E-state index contributed by atoms with van der Waals surface area (Å²) in [6.07, 6.45) is 0. The number of hydrogen-bond donors (Lipinski definition) is 6. The van der Waals surface area contributed by atoms with Crippen molar-refractivity contribution in [2.45, 2.75) is 26.5 Å². The van der Waals surface area contributed by atoms with Gasteiger partial charge in [-0.1, -0.05) is 12.1 Å². The van der Waals surface area contributed by atoms with Crippen LogP contribution < -0.4 is 5.73 Å². The van der Waals surface area contributed by atoms with Gasteiger partial charge in [0, 0.05) is 11.5 Å². The van der Waals surface area contributed by atoms with Crippen molar-refractivity contribution in [1.82, 2.24) is 0 Å². The van der Waals surface area contributed by atoms with Gasteiger partial charge in [-0.25, -0.2) is 0 Å². The fourth-order valence-electron chi connectivity index (χ4n) is 4.89. The molecule has 0 fully saturated rings. The molecule has 0 saturated carbocycles. The van der Waals surface area contributed by atoms with Crippen molar-refractivity contribution in [3.8, 4) is 5.75 Å². The average molecular weight is 851 g/mol. The van der Waals surface area contributed by atoms with E-state index < -0.39 is 110 Å². The van der Waals surface area contributed by atoms with Crippen molar-refractivity contribution in [2.75, 3.05) is 5.73 Å². The Hall–Kier alpha value is -6.20. The molecule has 5 rings (SSSR count). The van der Waals surface area contributed by atoms with E-state index in [1.165, 1.54) is 43.3 Å². The highest BCUT2D eigenvalue weighted by Crippen LogP contribution is 2.48. The van der Waals surface area contributed by atoms with E-state index in [9.17, 15) is 67.1 Å². The number of nitrogens with zero attached hydrogens (tertiary/aromatic N) is 7. The molecule has 0 amide bonds. The van der Waals surface area contributed by atoms with E-state index in [1.54, 1.807) is 0 Å². The monoisotopic (exact) mass is 850 g/mol. The Morgan fingerprint density at radius 3 is 1.77 bits per heavy atom. The van der Waals surface area contributed by atoms with Crippen molar-refractivity contribution >= 4 is 96.7 Å². The lowest BCUT2D eigenvalue weighted by Crippen LogP contribution is -2.04. The number of phenols is 1. The molecule has 0 aliphatic rings. The number of anilines is 1. The van der Waals surface area contributed by atoms with Gasteiger partial charge in [0.1, 0.15) is 36.6 Å². The Balaban J connectivity index is 1.64. The molecule has 5 aromatic carbocycles. The van der Waals surface area contributed by atoms with Gasteiger partial charge >= 0.3 is 0 Å². The number of aromatic hydroxyl groups is 1. The van der Waals surface area contributed by atoms with Gasteiger partial charge in [-0.2, -0.15) is 43.9 Å². The summed E-state index contributed by atoms with van der Waals surface area (Å²) in [7, 11) is -20.3. The van der Waals surface area contributed by atoms with Gasteiger partial charge in [-0.05, 0) is 67.1 Å². The Bertz CT molecular complexity index is 3040. The molecular weight excluding hydrogens is 829 g/mol. The van der Waals surface area contributed by atoms with Crippen LogP contribution in [0.15, 0.2) is 123 Å². The third-order valence-electron chi connectivity index (χ3n) is 7.44. The second-order valence-electron chi connectivity index (χ2n) is 11.1. The molecule has 292 valence electrons. The summed E-state index contributed by atoms with van der Waals surface area (Å²) in [5.41, 5.74) is 2.61. The molecule has 0 aliphatic heterocycles. The number of nitro benzene ring substituents is 1. The molecule has 0 bridgehead atoms. The first-order valence-electron chi connectivity index (χ1n) is 14.6. The summed E-state index contributed by atoms with van der Waals surface area (Å²) in [6, 6.07) is 12.3. The SMILES string of the molecule is Cc1cc(N=Nc2ccccc2S(=O)(=O)O)ccc1N=Nc1cc(S(=O)(=O)O)c2cc(S(=O)(=O)O)c(N=Nc3ccc(S(=O)(=O)O)cc3[N+](=O)[O-])c(O)c2c1N. The number of azo groups is 3. The summed E-state index contributed by atoms with van der Waals surface area (Å²) < 4.78 is 135. The maximum Gasteiger partial charge on any atom is 0.298 e. The van der Waals surface area contributed by atoms with Crippen LogP contribution in [-0.4, -0.2) is 61.9 Å². The van der Waals surface area contributed by atoms with Crippen LogP contribution in [0.1, 0.15) is 5.56 Å². The van der Waals surface area contributed by atoms with Gasteiger partial charge in [-0.3, -0.25) is 28.3 Å². The fraction of sp³-hybridized carbons (Fsp3) is 0.0345. The maximum atomic E-state index is 12.5. The number of aryl methyl sites for hydroxylation is 1. The highest BCUT2D eigenvalue weighted by molar-refractivity contribution is 7.86. The van der Waals surface area contributed by atoms with Crippen molar-refractivity contribution in [3.63, 3.8) is 0 Å². The van der Waals surface area contributed by atoms with E-state index in [-0.39, 0.29) is 17.1 Å². The maximum absolute atomic E-state index is 12.5. The van der Waals surface area contributed by atoms with E-state index in [2.05, 4.69) is 30.7 Å². The molecule has 0 radical (unpaired) electrons. The smallest absolute Gasteiger partial charge is 0.298 e. The number of hydrogen-bond acceptors (Lipinski definition) is 18. The van der Waals surface area contributed by atoms with E-state index in [0.29, 0.717) is 35.9 Å². The van der Waals surface area contributed by atoms with Crippen molar-refractivity contribution in [3.05, 3.63) is 88.5 Å². The third kappa shape index (κ3) is 8.68. The molecule has 27 heteroatoms. The average Bonchev–Trinajstić information content (AvgIpc) is 3.08. The molecule has 0 aliphatic carbocycles. The molecule has 0 unspecified atom stereocenters. The van der Waals surface area contributed by atoms with Gasteiger partial charge in [-0.15, -0.1) is 20.5 Å². The summed E-state index contributed by atoms with van der Waals surface area (Å²) >= 11 is 0. The molecule has 23 nitrogen and oxygen atoms in total. The summed E-state index contributed by atoms with van der Waals surface area (Å²) in [5.74, 6) is -1.29. The molecule has 0 spiro atoms. The topological polar surface area (TPSA) is 381 Å². The van der Waals surface area contributed by atoms with Gasteiger partial charge in [0.2, 0.25) is 0 Å². The van der Waals surface area contributed by atoms with Crippen molar-refractivity contribution in [2.24, 2.45) is 30.7 Å².